The average Bonchev–Trinajstić information content (AvgIpc) is 2.87. The van der Waals surface area contributed by atoms with E-state index in [0.717, 1.165) is 17.8 Å². The van der Waals surface area contributed by atoms with E-state index in [1.165, 1.54) is 0 Å². The zero-order chi connectivity index (χ0) is 13.8. The third-order valence-corrected chi connectivity index (χ3v) is 3.03. The second-order valence-corrected chi connectivity index (χ2v) is 5.09. The van der Waals surface area contributed by atoms with Gasteiger partial charge in [-0.05, 0) is 30.5 Å². The van der Waals surface area contributed by atoms with E-state index in [0.29, 0.717) is 11.5 Å². The Morgan fingerprint density at radius 3 is 2.89 bits per heavy atom. The molecule has 0 amide bonds. The minimum Gasteiger partial charge on any atom is -0.323 e. The molecular formula is C15H18N4. The number of aromatic nitrogens is 2. The van der Waals surface area contributed by atoms with E-state index in [1.807, 2.05) is 22.8 Å². The van der Waals surface area contributed by atoms with E-state index in [2.05, 4.69) is 24.9 Å². The molecule has 98 valence electrons. The van der Waals surface area contributed by atoms with Crippen molar-refractivity contribution in [3.63, 3.8) is 0 Å². The summed E-state index contributed by atoms with van der Waals surface area (Å²) >= 11 is 0. The predicted octanol–water partition coefficient (Wildman–Crippen LogP) is 2.79. The van der Waals surface area contributed by atoms with Crippen molar-refractivity contribution in [2.75, 3.05) is 0 Å². The molecule has 4 nitrogen and oxygen atoms in total. The molecule has 1 unspecified atom stereocenters. The quantitative estimate of drug-likeness (QED) is 0.912. The van der Waals surface area contributed by atoms with Gasteiger partial charge in [-0.25, -0.2) is 4.98 Å². The van der Waals surface area contributed by atoms with E-state index in [4.69, 9.17) is 11.0 Å². The van der Waals surface area contributed by atoms with E-state index >= 15 is 0 Å². The molecule has 0 aliphatic rings. The first-order chi connectivity index (χ1) is 9.11. The molecule has 2 aromatic rings. The van der Waals surface area contributed by atoms with Gasteiger partial charge in [0.25, 0.3) is 0 Å². The van der Waals surface area contributed by atoms with Crippen molar-refractivity contribution < 1.29 is 0 Å². The Balaban J connectivity index is 2.36. The van der Waals surface area contributed by atoms with Gasteiger partial charge in [-0.1, -0.05) is 19.9 Å². The van der Waals surface area contributed by atoms with Crippen LogP contribution in [0.15, 0.2) is 36.8 Å². The molecular weight excluding hydrogens is 236 g/mol. The van der Waals surface area contributed by atoms with Crippen molar-refractivity contribution in [3.8, 4) is 11.8 Å². The van der Waals surface area contributed by atoms with E-state index in [1.54, 1.807) is 18.6 Å². The van der Waals surface area contributed by atoms with Crippen LogP contribution in [-0.2, 0) is 0 Å². The lowest BCUT2D eigenvalue weighted by Crippen LogP contribution is -2.16. The molecule has 0 radical (unpaired) electrons. The zero-order valence-corrected chi connectivity index (χ0v) is 11.2. The molecule has 2 N–H and O–H groups in total. The average molecular weight is 254 g/mol. The van der Waals surface area contributed by atoms with Crippen LogP contribution >= 0.6 is 0 Å². The molecule has 1 atom stereocenters. The summed E-state index contributed by atoms with van der Waals surface area (Å²) in [4.78, 5) is 4.18. The van der Waals surface area contributed by atoms with Crippen molar-refractivity contribution in [2.45, 2.75) is 26.3 Å². The van der Waals surface area contributed by atoms with Crippen molar-refractivity contribution in [2.24, 2.45) is 11.7 Å². The Hall–Kier alpha value is -2.12. The Kier molecular flexibility index (Phi) is 3.98. The van der Waals surface area contributed by atoms with Crippen molar-refractivity contribution in [1.82, 2.24) is 9.55 Å². The first-order valence-corrected chi connectivity index (χ1v) is 6.40. The molecule has 0 aliphatic carbocycles. The minimum atomic E-state index is -0.0479. The van der Waals surface area contributed by atoms with E-state index in [-0.39, 0.29) is 6.04 Å². The summed E-state index contributed by atoms with van der Waals surface area (Å²) in [6.07, 6.45) is 4.45. The minimum absolute atomic E-state index is 0.0479. The number of nitriles is 1. The summed E-state index contributed by atoms with van der Waals surface area (Å²) in [5.74, 6) is 0.531. The van der Waals surface area contributed by atoms with Crippen LogP contribution in [0.1, 0.15) is 37.6 Å². The molecule has 2 rings (SSSR count). The number of rotatable bonds is 4. The summed E-state index contributed by atoms with van der Waals surface area (Å²) in [6, 6.07) is 9.54. The maximum absolute atomic E-state index is 8.96. The summed E-state index contributed by atoms with van der Waals surface area (Å²) in [5.41, 5.74) is 8.75. The van der Waals surface area contributed by atoms with Gasteiger partial charge >= 0.3 is 0 Å². The van der Waals surface area contributed by atoms with Crippen molar-refractivity contribution >= 4 is 0 Å². The number of imidazole rings is 1. The highest BCUT2D eigenvalue weighted by molar-refractivity contribution is 5.42. The molecule has 0 saturated carbocycles. The smallest absolute Gasteiger partial charge is 0.0994 e. The Morgan fingerprint density at radius 1 is 1.42 bits per heavy atom. The largest absolute Gasteiger partial charge is 0.323 e. The van der Waals surface area contributed by atoms with Crippen LogP contribution < -0.4 is 5.73 Å². The van der Waals surface area contributed by atoms with Gasteiger partial charge in [0.2, 0.25) is 0 Å². The normalized spacial score (nSPS) is 12.4. The summed E-state index contributed by atoms with van der Waals surface area (Å²) in [7, 11) is 0. The number of nitrogens with zero attached hydrogens (tertiary/aromatic N) is 3. The first kappa shape index (κ1) is 13.3. The lowest BCUT2D eigenvalue weighted by molar-refractivity contribution is 0.498. The standard InChI is InChI=1S/C15H18N4/c1-11(2)6-14(17)15-9-18-10-19(15)13-5-3-4-12(7-13)8-16/h3-5,7,9-11,14H,6,17H2,1-2H3. The van der Waals surface area contributed by atoms with Crippen LogP contribution in [0.3, 0.4) is 0 Å². The third-order valence-electron chi connectivity index (χ3n) is 3.03. The highest BCUT2D eigenvalue weighted by Gasteiger charge is 2.14. The lowest BCUT2D eigenvalue weighted by atomic mass is 10.0. The Labute approximate surface area is 113 Å². The predicted molar refractivity (Wildman–Crippen MR) is 74.7 cm³/mol. The van der Waals surface area contributed by atoms with Gasteiger partial charge in [-0.2, -0.15) is 5.26 Å². The van der Waals surface area contributed by atoms with Crippen molar-refractivity contribution in [3.05, 3.63) is 48.0 Å². The molecule has 0 bridgehead atoms. The molecule has 19 heavy (non-hydrogen) atoms. The van der Waals surface area contributed by atoms with Gasteiger partial charge in [0.15, 0.2) is 0 Å². The number of nitrogens with two attached hydrogens (primary N) is 1. The Morgan fingerprint density at radius 2 is 2.21 bits per heavy atom. The molecule has 0 spiro atoms. The van der Waals surface area contributed by atoms with Crippen LogP contribution in [0.5, 0.6) is 0 Å². The van der Waals surface area contributed by atoms with Crippen LogP contribution in [0.4, 0.5) is 0 Å². The SMILES string of the molecule is CC(C)CC(N)c1cncn1-c1cccc(C#N)c1. The van der Waals surface area contributed by atoms with Crippen molar-refractivity contribution in [1.29, 1.82) is 5.26 Å². The fourth-order valence-electron chi connectivity index (χ4n) is 2.15. The third kappa shape index (κ3) is 3.01. The molecule has 1 aromatic carbocycles. The fourth-order valence-corrected chi connectivity index (χ4v) is 2.15. The fraction of sp³-hybridized carbons (Fsp3) is 0.333. The molecule has 1 heterocycles. The van der Waals surface area contributed by atoms with Gasteiger partial charge in [-0.15, -0.1) is 0 Å². The van der Waals surface area contributed by atoms with Gasteiger partial charge in [0.1, 0.15) is 0 Å². The van der Waals surface area contributed by atoms with Gasteiger partial charge < -0.3 is 10.3 Å². The topological polar surface area (TPSA) is 67.6 Å². The number of benzene rings is 1. The second kappa shape index (κ2) is 5.68. The maximum Gasteiger partial charge on any atom is 0.0994 e. The molecule has 0 saturated heterocycles. The van der Waals surface area contributed by atoms with E-state index in [9.17, 15) is 0 Å². The molecule has 1 aromatic heterocycles. The van der Waals surface area contributed by atoms with Crippen LogP contribution in [0.25, 0.3) is 5.69 Å². The summed E-state index contributed by atoms with van der Waals surface area (Å²) in [5, 5.41) is 8.96. The van der Waals surface area contributed by atoms with Crippen LogP contribution in [0, 0.1) is 17.2 Å². The second-order valence-electron chi connectivity index (χ2n) is 5.09. The summed E-state index contributed by atoms with van der Waals surface area (Å²) in [6.45, 7) is 4.30. The summed E-state index contributed by atoms with van der Waals surface area (Å²) < 4.78 is 1.95. The monoisotopic (exact) mass is 254 g/mol. The number of hydrogen-bond acceptors (Lipinski definition) is 3. The highest BCUT2D eigenvalue weighted by atomic mass is 15.1. The highest BCUT2D eigenvalue weighted by Crippen LogP contribution is 2.21. The number of hydrogen-bond donors (Lipinski definition) is 1. The zero-order valence-electron chi connectivity index (χ0n) is 11.2. The van der Waals surface area contributed by atoms with Gasteiger partial charge in [-0.3, -0.25) is 0 Å². The van der Waals surface area contributed by atoms with Gasteiger partial charge in [0.05, 0.1) is 29.9 Å². The van der Waals surface area contributed by atoms with Crippen LogP contribution in [0.2, 0.25) is 0 Å². The molecule has 4 heteroatoms. The first-order valence-electron chi connectivity index (χ1n) is 6.40. The van der Waals surface area contributed by atoms with Gasteiger partial charge in [0, 0.05) is 11.7 Å². The van der Waals surface area contributed by atoms with E-state index < -0.39 is 0 Å². The lowest BCUT2D eigenvalue weighted by Gasteiger charge is -2.16. The Bertz CT molecular complexity index is 592. The maximum atomic E-state index is 8.96. The molecule has 0 aliphatic heterocycles. The molecule has 0 fully saturated rings. The van der Waals surface area contributed by atoms with Crippen LogP contribution in [-0.4, -0.2) is 9.55 Å².